The lowest BCUT2D eigenvalue weighted by atomic mass is 9.87. The number of phenolic OH excluding ortho intramolecular Hbond substituents is 1. The number of nitrogens with two attached hydrogens (primary N) is 2. The molecule has 1 aromatic rings. The first-order valence-corrected chi connectivity index (χ1v) is 8.97. The summed E-state index contributed by atoms with van der Waals surface area (Å²) in [6, 6.07) is 3.53. The van der Waals surface area contributed by atoms with Gasteiger partial charge in [0, 0.05) is 6.07 Å². The maximum atomic E-state index is 11.2. The van der Waals surface area contributed by atoms with E-state index in [1.165, 1.54) is 12.1 Å². The Kier molecular flexibility index (Phi) is 3.88. The van der Waals surface area contributed by atoms with E-state index in [1.807, 2.05) is 0 Å². The molecule has 0 amide bonds. The summed E-state index contributed by atoms with van der Waals surface area (Å²) in [4.78, 5) is 9.62. The van der Waals surface area contributed by atoms with Crippen molar-refractivity contribution in [3.8, 4) is 5.75 Å². The summed E-state index contributed by atoms with van der Waals surface area (Å²) in [7, 11) is -4.42. The van der Waals surface area contributed by atoms with Crippen LogP contribution >= 0.6 is 0 Å². The number of hydrogen-bond acceptors (Lipinski definition) is 8. The highest BCUT2D eigenvalue weighted by Gasteiger charge is 2.43. The van der Waals surface area contributed by atoms with Gasteiger partial charge < -0.3 is 16.6 Å². The zero-order chi connectivity index (χ0) is 17.5. The Labute approximate surface area is 139 Å². The normalized spacial score (nSPS) is 20.6. The minimum atomic E-state index is -4.42. The molecule has 0 aromatic heterocycles. The topological polar surface area (TPSA) is 155 Å². The Morgan fingerprint density at radius 3 is 2.42 bits per heavy atom. The summed E-state index contributed by atoms with van der Waals surface area (Å²) in [5.74, 6) is -0.178. The summed E-state index contributed by atoms with van der Waals surface area (Å²) in [6.07, 6.45) is 4.28. The number of hydrogen-bond donors (Lipinski definition) is 4. The Morgan fingerprint density at radius 2 is 1.83 bits per heavy atom. The van der Waals surface area contributed by atoms with Crippen LogP contribution in [0.25, 0.3) is 0 Å². The molecule has 1 aromatic carbocycles. The Bertz CT molecular complexity index is 828. The Balaban J connectivity index is 2.11. The predicted octanol–water partition coefficient (Wildman–Crippen LogP) is 0.749. The van der Waals surface area contributed by atoms with Gasteiger partial charge in [-0.15, -0.1) is 0 Å². The second-order valence-corrected chi connectivity index (χ2v) is 7.37. The largest absolute Gasteiger partial charge is 0.506 e. The van der Waals surface area contributed by atoms with Gasteiger partial charge in [-0.1, -0.05) is 6.42 Å². The van der Waals surface area contributed by atoms with Gasteiger partial charge in [-0.25, -0.2) is 4.99 Å². The van der Waals surface area contributed by atoms with Crippen LogP contribution in [0.4, 0.5) is 5.69 Å². The number of guanidine groups is 2. The van der Waals surface area contributed by atoms with E-state index in [4.69, 9.17) is 16.0 Å². The second kappa shape index (κ2) is 5.64. The molecule has 1 fully saturated rings. The molecule has 9 nitrogen and oxygen atoms in total. The molecule has 24 heavy (non-hydrogen) atoms. The third-order valence-corrected chi connectivity index (χ3v) is 5.19. The number of benzene rings is 1. The van der Waals surface area contributed by atoms with E-state index >= 15 is 0 Å². The zero-order valence-electron chi connectivity index (χ0n) is 12.9. The second-order valence-electron chi connectivity index (χ2n) is 5.94. The van der Waals surface area contributed by atoms with Crippen molar-refractivity contribution in [1.82, 2.24) is 0 Å². The van der Waals surface area contributed by atoms with Crippen LogP contribution in [0, 0.1) is 0 Å². The van der Waals surface area contributed by atoms with Crippen molar-refractivity contribution in [2.75, 3.05) is 4.90 Å². The molecule has 0 radical (unpaired) electrons. The molecule has 10 heteroatoms. The van der Waals surface area contributed by atoms with Crippen molar-refractivity contribution in [1.29, 1.82) is 0 Å². The van der Waals surface area contributed by atoms with Crippen LogP contribution < -0.4 is 16.4 Å². The van der Waals surface area contributed by atoms with Gasteiger partial charge in [0.15, 0.2) is 0 Å². The minimum absolute atomic E-state index is 0.0827. The number of nitrogens with zero attached hydrogens (tertiary/aromatic N) is 3. The minimum Gasteiger partial charge on any atom is -0.506 e. The monoisotopic (exact) mass is 353 g/mol. The Morgan fingerprint density at radius 1 is 1.17 bits per heavy atom. The highest BCUT2D eigenvalue weighted by molar-refractivity contribution is 7.85. The third kappa shape index (κ3) is 2.78. The molecule has 1 aliphatic heterocycles. The van der Waals surface area contributed by atoms with Crippen LogP contribution in [0.1, 0.15) is 32.1 Å². The van der Waals surface area contributed by atoms with Crippen LogP contribution in [0.15, 0.2) is 33.1 Å². The van der Waals surface area contributed by atoms with E-state index in [1.54, 1.807) is 4.90 Å². The lowest BCUT2D eigenvalue weighted by Gasteiger charge is -2.45. The molecule has 0 atom stereocenters. The average Bonchev–Trinajstić information content (AvgIpc) is 2.47. The maximum absolute atomic E-state index is 11.2. The number of phenols is 1. The van der Waals surface area contributed by atoms with Crippen molar-refractivity contribution in [3.63, 3.8) is 0 Å². The van der Waals surface area contributed by atoms with Gasteiger partial charge >= 0.3 is 0 Å². The van der Waals surface area contributed by atoms with Gasteiger partial charge in [-0.05, 0) is 37.8 Å². The molecule has 130 valence electrons. The van der Waals surface area contributed by atoms with Gasteiger partial charge in [0.2, 0.25) is 11.9 Å². The summed E-state index contributed by atoms with van der Waals surface area (Å²) >= 11 is 0. The zero-order valence-corrected chi connectivity index (χ0v) is 13.7. The summed E-state index contributed by atoms with van der Waals surface area (Å²) in [5, 5.41) is 10.3. The molecule has 6 N–H and O–H groups in total. The molecular formula is C14H19N5O4S. The summed E-state index contributed by atoms with van der Waals surface area (Å²) < 4.78 is 31.5. The highest BCUT2D eigenvalue weighted by Crippen LogP contribution is 2.42. The Hall–Kier alpha value is -2.33. The van der Waals surface area contributed by atoms with E-state index in [-0.39, 0.29) is 23.4 Å². The first kappa shape index (κ1) is 16.5. The molecule has 1 heterocycles. The molecule has 3 rings (SSSR count). The number of aromatic hydroxyl groups is 1. The van der Waals surface area contributed by atoms with Gasteiger partial charge in [0.1, 0.15) is 11.4 Å². The van der Waals surface area contributed by atoms with Crippen molar-refractivity contribution in [3.05, 3.63) is 18.2 Å². The van der Waals surface area contributed by atoms with Crippen molar-refractivity contribution < 1.29 is 18.1 Å². The molecule has 0 bridgehead atoms. The summed E-state index contributed by atoms with van der Waals surface area (Å²) in [6.45, 7) is 0. The van der Waals surface area contributed by atoms with E-state index in [9.17, 15) is 13.5 Å². The van der Waals surface area contributed by atoms with Crippen LogP contribution in [-0.4, -0.2) is 35.7 Å². The van der Waals surface area contributed by atoms with Crippen LogP contribution in [0.5, 0.6) is 5.75 Å². The number of aliphatic imine (C=N–C) groups is 2. The molecule has 1 spiro atoms. The van der Waals surface area contributed by atoms with Crippen molar-refractivity contribution in [2.24, 2.45) is 21.5 Å². The standard InChI is InChI=1S/C14H19N5O4S/c15-12-17-13(16)19(14(18-12)6-2-1-3-7-14)10-5-4-9(8-11(10)20)24(21,22)23/h4-5,8,20H,1-3,6-7H2,(H,21,22,23)(H4,15,16,17,18). The van der Waals surface area contributed by atoms with Gasteiger partial charge in [0.25, 0.3) is 10.1 Å². The van der Waals surface area contributed by atoms with Crippen LogP contribution in [-0.2, 0) is 10.1 Å². The van der Waals surface area contributed by atoms with E-state index < -0.39 is 20.7 Å². The molecule has 1 aliphatic carbocycles. The SMILES string of the molecule is NC1=NC2(CCCCC2)N(c2ccc(S(=O)(=O)O)cc2O)C(N)=N1. The average molecular weight is 353 g/mol. The van der Waals surface area contributed by atoms with Crippen molar-refractivity contribution >= 4 is 27.7 Å². The van der Waals surface area contributed by atoms with E-state index in [0.29, 0.717) is 12.8 Å². The molecule has 2 aliphatic rings. The fourth-order valence-electron chi connectivity index (χ4n) is 3.32. The highest BCUT2D eigenvalue weighted by atomic mass is 32.2. The fraction of sp³-hybridized carbons (Fsp3) is 0.429. The fourth-order valence-corrected chi connectivity index (χ4v) is 3.82. The first-order valence-electron chi connectivity index (χ1n) is 7.53. The molecule has 1 saturated carbocycles. The van der Waals surface area contributed by atoms with E-state index in [0.717, 1.165) is 25.3 Å². The number of anilines is 1. The third-order valence-electron chi connectivity index (χ3n) is 4.34. The lowest BCUT2D eigenvalue weighted by Crippen LogP contribution is -2.58. The first-order chi connectivity index (χ1) is 11.2. The maximum Gasteiger partial charge on any atom is 0.294 e. The van der Waals surface area contributed by atoms with Gasteiger partial charge in [0.05, 0.1) is 10.6 Å². The van der Waals surface area contributed by atoms with E-state index in [2.05, 4.69) is 9.98 Å². The molecular weight excluding hydrogens is 334 g/mol. The van der Waals surface area contributed by atoms with Crippen molar-refractivity contribution in [2.45, 2.75) is 42.7 Å². The van der Waals surface area contributed by atoms with Crippen LogP contribution in [0.3, 0.4) is 0 Å². The molecule has 0 saturated heterocycles. The molecule has 0 unspecified atom stereocenters. The smallest absolute Gasteiger partial charge is 0.294 e. The lowest BCUT2D eigenvalue weighted by molar-refractivity contribution is 0.303. The summed E-state index contributed by atoms with van der Waals surface area (Å²) in [5.41, 5.74) is 11.3. The van der Waals surface area contributed by atoms with Crippen LogP contribution in [0.2, 0.25) is 0 Å². The number of rotatable bonds is 2. The predicted molar refractivity (Wildman–Crippen MR) is 89.5 cm³/mol. The quantitative estimate of drug-likeness (QED) is 0.572. The van der Waals surface area contributed by atoms with Gasteiger partial charge in [-0.2, -0.15) is 13.4 Å². The van der Waals surface area contributed by atoms with Gasteiger partial charge in [-0.3, -0.25) is 9.45 Å².